The van der Waals surface area contributed by atoms with Gasteiger partial charge in [0.05, 0.1) is 16.7 Å². The summed E-state index contributed by atoms with van der Waals surface area (Å²) in [5, 5.41) is 2.67. The summed E-state index contributed by atoms with van der Waals surface area (Å²) in [6.07, 6.45) is 6.15. The molecule has 3 aliphatic carbocycles. The fourth-order valence-corrected chi connectivity index (χ4v) is 13.5. The number of aromatic nitrogens is 4. The van der Waals surface area contributed by atoms with Gasteiger partial charge < -0.3 is 4.57 Å². The first-order valence-electron chi connectivity index (χ1n) is 25.1. The molecule has 0 radical (unpaired) electrons. The van der Waals surface area contributed by atoms with Crippen molar-refractivity contribution < 1.29 is 0 Å². The number of benzene rings is 9. The van der Waals surface area contributed by atoms with Crippen molar-refractivity contribution in [1.29, 1.82) is 0 Å². The summed E-state index contributed by atoms with van der Waals surface area (Å²) >= 11 is 0. The zero-order valence-electron chi connectivity index (χ0n) is 39.3. The first-order chi connectivity index (χ1) is 34.4. The average Bonchev–Trinajstić information content (AvgIpc) is 3.95. The Morgan fingerprint density at radius 2 is 1.00 bits per heavy atom. The lowest BCUT2D eigenvalue weighted by molar-refractivity contribution is 0.353. The summed E-state index contributed by atoms with van der Waals surface area (Å²) in [5.74, 6) is 2.01. The molecular weight excluding hydrogens is 849 g/mol. The van der Waals surface area contributed by atoms with Gasteiger partial charge in [-0.05, 0) is 116 Å². The predicted octanol–water partition coefficient (Wildman–Crippen LogP) is 16.8. The van der Waals surface area contributed by atoms with E-state index in [9.17, 15) is 0 Å². The predicted molar refractivity (Wildman–Crippen MR) is 287 cm³/mol. The topological polar surface area (TPSA) is 43.6 Å². The maximum absolute atomic E-state index is 5.35. The van der Waals surface area contributed by atoms with Crippen LogP contribution in [0.1, 0.15) is 68.2 Å². The van der Waals surface area contributed by atoms with Crippen LogP contribution < -0.4 is 0 Å². The Morgan fingerprint density at radius 3 is 1.83 bits per heavy atom. The molecule has 1 spiro atoms. The first kappa shape index (κ1) is 39.8. The molecule has 0 unspecified atom stereocenters. The Labute approximate surface area is 408 Å². The lowest BCUT2D eigenvalue weighted by Gasteiger charge is -2.36. The van der Waals surface area contributed by atoms with Gasteiger partial charge in [-0.3, -0.25) is 0 Å². The maximum atomic E-state index is 5.35. The molecule has 70 heavy (non-hydrogen) atoms. The molecule has 15 rings (SSSR count). The summed E-state index contributed by atoms with van der Waals surface area (Å²) in [6.45, 7) is 4.64. The van der Waals surface area contributed by atoms with Crippen LogP contribution in [0.25, 0.3) is 117 Å². The number of fused-ring (bicyclic) bond motifs is 11. The van der Waals surface area contributed by atoms with Crippen molar-refractivity contribution in [2.45, 2.75) is 56.8 Å². The molecule has 9 aromatic carbocycles. The van der Waals surface area contributed by atoms with Gasteiger partial charge in [0.2, 0.25) is 0 Å². The largest absolute Gasteiger partial charge is 0.308 e. The number of nitrogens with zero attached hydrogens (tertiary/aromatic N) is 4. The van der Waals surface area contributed by atoms with Crippen molar-refractivity contribution in [3.8, 4) is 95.5 Å². The summed E-state index contributed by atoms with van der Waals surface area (Å²) in [5.41, 5.74) is 25.1. The van der Waals surface area contributed by atoms with Crippen molar-refractivity contribution >= 4 is 21.8 Å². The van der Waals surface area contributed by atoms with Crippen molar-refractivity contribution in [1.82, 2.24) is 19.5 Å². The quantitative estimate of drug-likeness (QED) is 0.173. The zero-order chi connectivity index (χ0) is 46.3. The third-order valence-electron chi connectivity index (χ3n) is 16.5. The highest BCUT2D eigenvalue weighted by molar-refractivity contribution is 6.19. The molecule has 0 bridgehead atoms. The Morgan fingerprint density at radius 1 is 0.386 bits per heavy atom. The average molecular weight is 897 g/mol. The molecular formula is C66H48N4. The third-order valence-corrected chi connectivity index (χ3v) is 16.5. The number of rotatable bonds is 5. The monoisotopic (exact) mass is 896 g/mol. The van der Waals surface area contributed by atoms with E-state index >= 15 is 0 Å². The van der Waals surface area contributed by atoms with Gasteiger partial charge in [0.15, 0.2) is 17.5 Å². The third kappa shape index (κ3) is 5.50. The van der Waals surface area contributed by atoms with Gasteiger partial charge in [-0.25, -0.2) is 15.0 Å². The van der Waals surface area contributed by atoms with Gasteiger partial charge in [0.1, 0.15) is 0 Å². The molecule has 0 N–H and O–H groups in total. The Hall–Kier alpha value is -8.21. The minimum Gasteiger partial charge on any atom is -0.308 e. The number of para-hydroxylation sites is 2. The van der Waals surface area contributed by atoms with Crippen molar-refractivity contribution in [3.63, 3.8) is 0 Å². The lowest BCUT2D eigenvalue weighted by Crippen LogP contribution is -2.28. The van der Waals surface area contributed by atoms with Crippen LogP contribution in [0.3, 0.4) is 0 Å². The fraction of sp³-hybridized carbons (Fsp3) is 0.136. The molecule has 3 heterocycles. The van der Waals surface area contributed by atoms with E-state index in [1.165, 1.54) is 126 Å². The van der Waals surface area contributed by atoms with Gasteiger partial charge in [0.25, 0.3) is 0 Å². The van der Waals surface area contributed by atoms with Crippen LogP contribution in [-0.2, 0) is 10.8 Å². The highest BCUT2D eigenvalue weighted by atomic mass is 15.0. The molecule has 1 saturated carbocycles. The zero-order valence-corrected chi connectivity index (χ0v) is 39.3. The van der Waals surface area contributed by atoms with Crippen LogP contribution in [-0.4, -0.2) is 19.5 Å². The molecule has 0 saturated heterocycles. The van der Waals surface area contributed by atoms with Crippen LogP contribution in [0.2, 0.25) is 0 Å². The maximum Gasteiger partial charge on any atom is 0.164 e. The Kier molecular flexibility index (Phi) is 8.32. The van der Waals surface area contributed by atoms with Crippen LogP contribution >= 0.6 is 0 Å². The molecule has 1 aliphatic heterocycles. The van der Waals surface area contributed by atoms with Gasteiger partial charge in [-0.2, -0.15) is 0 Å². The SMILES string of the molecule is CC1(C)c2ccccc2-c2cccc(-c3nc(-c4ccccc4)nc(-c4cccc(-c5cccc(-c6cc7c8c(c6)C6(CCCCC6)c6ccc9c%10ccccc%10n(c9c6-8)-c6ccccc6-7)c5)c4)n3)c21. The molecule has 1 fully saturated rings. The van der Waals surface area contributed by atoms with E-state index in [2.05, 4.69) is 206 Å². The molecule has 4 nitrogen and oxygen atoms in total. The van der Waals surface area contributed by atoms with Crippen LogP contribution in [0.5, 0.6) is 0 Å². The second-order valence-corrected chi connectivity index (χ2v) is 20.6. The molecule has 11 aromatic rings. The molecule has 4 aliphatic rings. The Balaban J connectivity index is 0.883. The van der Waals surface area contributed by atoms with Crippen LogP contribution in [0.4, 0.5) is 0 Å². The number of hydrogen-bond acceptors (Lipinski definition) is 3. The van der Waals surface area contributed by atoms with Gasteiger partial charge in [-0.15, -0.1) is 0 Å². The lowest BCUT2D eigenvalue weighted by atomic mass is 9.67. The normalized spacial score (nSPS) is 15.2. The van der Waals surface area contributed by atoms with Crippen molar-refractivity contribution in [2.75, 3.05) is 0 Å². The van der Waals surface area contributed by atoms with Gasteiger partial charge in [-0.1, -0.05) is 191 Å². The molecule has 332 valence electrons. The van der Waals surface area contributed by atoms with E-state index in [4.69, 9.17) is 15.0 Å². The highest BCUT2D eigenvalue weighted by Gasteiger charge is 2.47. The number of hydrogen-bond donors (Lipinski definition) is 0. The highest BCUT2D eigenvalue weighted by Crippen LogP contribution is 2.63. The molecule has 2 aromatic heterocycles. The van der Waals surface area contributed by atoms with E-state index in [1.54, 1.807) is 0 Å². The van der Waals surface area contributed by atoms with E-state index < -0.39 is 0 Å². The van der Waals surface area contributed by atoms with Crippen LogP contribution in [0.15, 0.2) is 194 Å². The summed E-state index contributed by atoms with van der Waals surface area (Å²) in [6, 6.07) is 71.8. The van der Waals surface area contributed by atoms with E-state index in [0.29, 0.717) is 17.5 Å². The second-order valence-electron chi connectivity index (χ2n) is 20.6. The standard InChI is InChI=1S/C66H48N4/c1-65(2)53-29-10-7-24-46(53)49-27-17-28-51(60(49)65)64-68-62(40-18-5-3-6-19-40)67-63(69-64)44-23-16-21-42(37-44)41-20-15-22-43(36-41)45-38-52-48-26-9-12-31-57(48)70-56-30-11-8-25-47(56)50-32-33-54-59(61(50)70)58(52)55(39-45)66(54)34-13-4-14-35-66/h3,5-12,15-33,36-39H,4,13-14,34-35H2,1-2H3. The summed E-state index contributed by atoms with van der Waals surface area (Å²) < 4.78 is 2.59. The van der Waals surface area contributed by atoms with E-state index in [-0.39, 0.29) is 10.8 Å². The second kappa shape index (κ2) is 14.7. The summed E-state index contributed by atoms with van der Waals surface area (Å²) in [4.78, 5) is 15.8. The van der Waals surface area contributed by atoms with Crippen LogP contribution in [0, 0.1) is 0 Å². The minimum atomic E-state index is -0.222. The van der Waals surface area contributed by atoms with Crippen molar-refractivity contribution in [3.05, 3.63) is 216 Å². The van der Waals surface area contributed by atoms with Gasteiger partial charge >= 0.3 is 0 Å². The fourth-order valence-electron chi connectivity index (χ4n) is 13.5. The van der Waals surface area contributed by atoms with E-state index in [0.717, 1.165) is 27.8 Å². The minimum absolute atomic E-state index is 0.0110. The first-order valence-corrected chi connectivity index (χ1v) is 25.1. The smallest absolute Gasteiger partial charge is 0.164 e. The van der Waals surface area contributed by atoms with E-state index in [1.807, 2.05) is 6.07 Å². The van der Waals surface area contributed by atoms with Gasteiger partial charge in [0, 0.05) is 49.4 Å². The molecule has 0 amide bonds. The molecule has 0 atom stereocenters. The van der Waals surface area contributed by atoms with Crippen molar-refractivity contribution in [2.24, 2.45) is 0 Å². The molecule has 4 heteroatoms. The Bertz CT molecular complexity index is 4020. The summed E-state index contributed by atoms with van der Waals surface area (Å²) in [7, 11) is 0.